The van der Waals surface area contributed by atoms with Crippen LogP contribution in [0.2, 0.25) is 15.1 Å². The van der Waals surface area contributed by atoms with Crippen molar-refractivity contribution in [3.05, 3.63) is 27.2 Å². The Morgan fingerprint density at radius 1 is 0.923 bits per heavy atom. The second-order valence-corrected chi connectivity index (χ2v) is 8.19. The quantitative estimate of drug-likeness (QED) is 0.557. The van der Waals surface area contributed by atoms with E-state index < -0.39 is 0 Å². The monoisotopic (exact) mass is 447 g/mol. The van der Waals surface area contributed by atoms with Crippen LogP contribution in [0.3, 0.4) is 0 Å². The summed E-state index contributed by atoms with van der Waals surface area (Å²) in [6.07, 6.45) is 3.38. The van der Waals surface area contributed by atoms with Crippen molar-refractivity contribution in [2.75, 3.05) is 41.3 Å². The Morgan fingerprint density at radius 3 is 1.73 bits per heavy atom. The van der Waals surface area contributed by atoms with E-state index in [4.69, 9.17) is 39.9 Å². The number of benzene rings is 1. The van der Waals surface area contributed by atoms with E-state index in [0.717, 1.165) is 25.9 Å². The van der Waals surface area contributed by atoms with Crippen molar-refractivity contribution in [2.24, 2.45) is 11.8 Å². The van der Waals surface area contributed by atoms with Crippen molar-refractivity contribution in [1.29, 1.82) is 0 Å². The van der Waals surface area contributed by atoms with Gasteiger partial charge < -0.3 is 14.9 Å². The van der Waals surface area contributed by atoms with Crippen LogP contribution in [0.4, 0.5) is 0 Å². The van der Waals surface area contributed by atoms with Crippen molar-refractivity contribution in [3.8, 4) is 5.75 Å². The number of phenols is 1. The number of carbonyl (C=O) groups excluding carboxylic acids is 1. The van der Waals surface area contributed by atoms with Crippen LogP contribution in [0.15, 0.2) is 12.1 Å². The normalized spacial score (nSPS) is 19.8. The van der Waals surface area contributed by atoms with Gasteiger partial charge in [-0.1, -0.05) is 41.2 Å². The molecule has 0 bridgehead atoms. The second kappa shape index (κ2) is 13.4. The van der Waals surface area contributed by atoms with Crippen molar-refractivity contribution in [3.63, 3.8) is 0 Å². The van der Waals surface area contributed by atoms with Gasteiger partial charge in [-0.05, 0) is 47.1 Å². The molecule has 1 aliphatic rings. The molecule has 4 nitrogen and oxygen atoms in total. The van der Waals surface area contributed by atoms with Gasteiger partial charge in [0.05, 0.1) is 15.1 Å². The van der Waals surface area contributed by atoms with Crippen LogP contribution in [-0.2, 0) is 4.79 Å². The fourth-order valence-corrected chi connectivity index (χ4v) is 3.53. The molecule has 2 unspecified atom stereocenters. The summed E-state index contributed by atoms with van der Waals surface area (Å²) < 4.78 is 0. The Morgan fingerprint density at radius 2 is 1.35 bits per heavy atom. The third-order valence-corrected chi connectivity index (χ3v) is 5.10. The minimum atomic E-state index is -0.0592. The average Bonchev–Trinajstić information content (AvgIpc) is 2.49. The van der Waals surface area contributed by atoms with Gasteiger partial charge >= 0.3 is 0 Å². The molecule has 0 aromatic heterocycles. The third kappa shape index (κ3) is 9.55. The van der Waals surface area contributed by atoms with Crippen LogP contribution in [-0.4, -0.2) is 113 Å². The number of ketones is 1. The largest absolute Gasteiger partial charge is 0.506 e. The van der Waals surface area contributed by atoms with Crippen LogP contribution in [0.25, 0.3) is 0 Å². The summed E-state index contributed by atoms with van der Waals surface area (Å²) in [7, 11) is 8.18. The molecule has 0 saturated heterocycles. The molecule has 2 atom stereocenters. The Balaban J connectivity index is 0.000000497. The predicted octanol–water partition coefficient (Wildman–Crippen LogP) is 4.07. The SMILES string of the molecule is CN(C)CC1CCCC(CN(C)C)C1=O.Oc1cc(Cl)c(Cl)cc1Cl.[K]. The zero-order valence-electron chi connectivity index (χ0n) is 16.2. The molecule has 0 spiro atoms. The predicted molar refractivity (Wildman–Crippen MR) is 112 cm³/mol. The summed E-state index contributed by atoms with van der Waals surface area (Å²) in [5.41, 5.74) is 0. The van der Waals surface area contributed by atoms with Crippen LogP contribution >= 0.6 is 34.8 Å². The van der Waals surface area contributed by atoms with Gasteiger partial charge in [0.2, 0.25) is 0 Å². The first-order valence-electron chi connectivity index (χ1n) is 8.28. The molecule has 1 fully saturated rings. The minimum absolute atomic E-state index is 0. The number of halogens is 3. The topological polar surface area (TPSA) is 43.8 Å². The van der Waals surface area contributed by atoms with Crippen molar-refractivity contribution < 1.29 is 9.90 Å². The summed E-state index contributed by atoms with van der Waals surface area (Å²) in [5.74, 6) is 0.983. The van der Waals surface area contributed by atoms with E-state index >= 15 is 0 Å². The zero-order chi connectivity index (χ0) is 19.1. The molecular formula is C18H27Cl3KN2O2. The minimum Gasteiger partial charge on any atom is -0.506 e. The van der Waals surface area contributed by atoms with Gasteiger partial charge in [-0.15, -0.1) is 0 Å². The number of carbonyl (C=O) groups is 1. The zero-order valence-corrected chi connectivity index (χ0v) is 21.6. The fraction of sp³-hybridized carbons (Fsp3) is 0.611. The van der Waals surface area contributed by atoms with Gasteiger partial charge in [0.1, 0.15) is 11.5 Å². The van der Waals surface area contributed by atoms with E-state index in [1.165, 1.54) is 18.6 Å². The van der Waals surface area contributed by atoms with Gasteiger partial charge in [0, 0.05) is 82.4 Å². The Hall–Kier alpha value is 1.12. The van der Waals surface area contributed by atoms with Crippen molar-refractivity contribution in [2.45, 2.75) is 19.3 Å². The summed E-state index contributed by atoms with van der Waals surface area (Å²) in [4.78, 5) is 16.4. The summed E-state index contributed by atoms with van der Waals surface area (Å²) in [6.45, 7) is 1.84. The van der Waals surface area contributed by atoms with Crippen molar-refractivity contribution in [1.82, 2.24) is 9.80 Å². The molecule has 1 radical (unpaired) electrons. The molecule has 1 aromatic rings. The molecule has 0 aliphatic heterocycles. The number of aromatic hydroxyl groups is 1. The molecule has 0 amide bonds. The fourth-order valence-electron chi connectivity index (χ4n) is 2.98. The molecule has 1 N–H and O–H groups in total. The molecule has 1 saturated carbocycles. The summed E-state index contributed by atoms with van der Waals surface area (Å²) in [6, 6.07) is 2.69. The number of nitrogens with zero attached hydrogens (tertiary/aromatic N) is 2. The van der Waals surface area contributed by atoms with Gasteiger partial charge in [0.15, 0.2) is 0 Å². The molecular weight excluding hydrogens is 422 g/mol. The molecule has 143 valence electrons. The van der Waals surface area contributed by atoms with Gasteiger partial charge in [-0.25, -0.2) is 0 Å². The third-order valence-electron chi connectivity index (χ3n) is 4.07. The Kier molecular flexibility index (Phi) is 13.9. The number of phenolic OH excluding ortho intramolecular Hbond substituents is 1. The molecule has 0 heterocycles. The van der Waals surface area contributed by atoms with Crippen molar-refractivity contribution >= 4 is 92.0 Å². The standard InChI is InChI=1S/C12H24N2O.C6H3Cl3O.K/c1-13(2)8-10-6-5-7-11(12(10)15)9-14(3)4;7-3-1-5(9)6(10)2-4(3)8;/h10-11H,5-9H2,1-4H3;1-2,10H;. The van der Waals surface area contributed by atoms with E-state index in [1.54, 1.807) is 0 Å². The first-order chi connectivity index (χ1) is 11.6. The van der Waals surface area contributed by atoms with Crippen LogP contribution < -0.4 is 0 Å². The van der Waals surface area contributed by atoms with Crippen LogP contribution in [0, 0.1) is 11.8 Å². The molecule has 8 heteroatoms. The smallest absolute Gasteiger partial charge is 0.141 e. The van der Waals surface area contributed by atoms with Gasteiger partial charge in [0.25, 0.3) is 0 Å². The first kappa shape index (κ1) is 27.1. The number of rotatable bonds is 4. The van der Waals surface area contributed by atoms with E-state index in [2.05, 4.69) is 9.80 Å². The number of hydrogen-bond donors (Lipinski definition) is 1. The maximum absolute atomic E-state index is 12.1. The summed E-state index contributed by atoms with van der Waals surface area (Å²) in [5, 5.41) is 9.79. The molecule has 2 rings (SSSR count). The first-order valence-corrected chi connectivity index (χ1v) is 9.41. The van der Waals surface area contributed by atoms with E-state index in [1.807, 2.05) is 28.2 Å². The van der Waals surface area contributed by atoms with E-state index in [0.29, 0.717) is 15.8 Å². The molecule has 1 aliphatic carbocycles. The Bertz CT molecular complexity index is 516. The number of Topliss-reactive ketones (excluding diaryl/α,β-unsaturated/α-hetero) is 1. The van der Waals surface area contributed by atoms with E-state index in [-0.39, 0.29) is 74.0 Å². The molecule has 1 aromatic carbocycles. The second-order valence-electron chi connectivity index (χ2n) is 6.97. The number of hydrogen-bond acceptors (Lipinski definition) is 4. The van der Waals surface area contributed by atoms with Crippen LogP contribution in [0.5, 0.6) is 5.75 Å². The average molecular weight is 449 g/mol. The maximum Gasteiger partial charge on any atom is 0.141 e. The Labute approximate surface area is 214 Å². The van der Waals surface area contributed by atoms with Crippen LogP contribution in [0.1, 0.15) is 19.3 Å². The van der Waals surface area contributed by atoms with Gasteiger partial charge in [-0.3, -0.25) is 4.79 Å². The maximum atomic E-state index is 12.1. The summed E-state index contributed by atoms with van der Waals surface area (Å²) >= 11 is 16.6. The van der Waals surface area contributed by atoms with Gasteiger partial charge in [-0.2, -0.15) is 0 Å². The molecule has 26 heavy (non-hydrogen) atoms. The van der Waals surface area contributed by atoms with E-state index in [9.17, 15) is 4.79 Å².